The number of aromatic nitrogens is 4. The predicted octanol–water partition coefficient (Wildman–Crippen LogP) is 5.70. The van der Waals surface area contributed by atoms with Crippen LogP contribution < -0.4 is 20.7 Å². The molecule has 0 saturated carbocycles. The Balaban J connectivity index is 1.22. The minimum Gasteiger partial charge on any atom is -0.457 e. The van der Waals surface area contributed by atoms with Gasteiger partial charge in [-0.1, -0.05) is 36.4 Å². The van der Waals surface area contributed by atoms with Crippen LogP contribution in [0.2, 0.25) is 0 Å². The van der Waals surface area contributed by atoms with Gasteiger partial charge in [-0.05, 0) is 24.3 Å². The lowest BCUT2D eigenvalue weighted by Gasteiger charge is -2.09. The van der Waals surface area contributed by atoms with Crippen LogP contribution in [0.4, 0.5) is 26.4 Å². The molecule has 11 nitrogen and oxygen atoms in total. The van der Waals surface area contributed by atoms with Gasteiger partial charge in [-0.25, -0.2) is 14.6 Å². The van der Waals surface area contributed by atoms with Crippen LogP contribution in [0.25, 0.3) is 22.4 Å². The Bertz CT molecular complexity index is 1530. The molecule has 12 heteroatoms. The van der Waals surface area contributed by atoms with Crippen molar-refractivity contribution >= 4 is 51.5 Å². The topological polar surface area (TPSA) is 143 Å². The van der Waals surface area contributed by atoms with Crippen molar-refractivity contribution in [2.75, 3.05) is 23.1 Å². The second-order valence-electron chi connectivity index (χ2n) is 7.38. The molecule has 3 aromatic carbocycles. The first kappa shape index (κ1) is 22.8. The third-order valence-electron chi connectivity index (χ3n) is 4.87. The highest BCUT2D eigenvalue weighted by molar-refractivity contribution is 7.10. The summed E-state index contributed by atoms with van der Waals surface area (Å²) in [5, 5.41) is 8.32. The molecule has 2 heterocycles. The Morgan fingerprint density at radius 1 is 0.889 bits per heavy atom. The van der Waals surface area contributed by atoms with E-state index >= 15 is 0 Å². The summed E-state index contributed by atoms with van der Waals surface area (Å²) in [6.45, 7) is 0. The van der Waals surface area contributed by atoms with Crippen LogP contribution in [0, 0.1) is 0 Å². The number of nitrogens with zero attached hydrogens (tertiary/aromatic N) is 3. The Labute approximate surface area is 208 Å². The van der Waals surface area contributed by atoms with E-state index in [2.05, 4.69) is 40.0 Å². The first-order valence-corrected chi connectivity index (χ1v) is 11.4. The maximum atomic E-state index is 12.5. The first-order valence-electron chi connectivity index (χ1n) is 10.7. The van der Waals surface area contributed by atoms with Crippen molar-refractivity contribution in [1.82, 2.24) is 19.3 Å². The van der Waals surface area contributed by atoms with Crippen molar-refractivity contribution in [3.63, 3.8) is 0 Å². The van der Waals surface area contributed by atoms with Crippen molar-refractivity contribution in [2.45, 2.75) is 0 Å². The van der Waals surface area contributed by atoms with E-state index in [1.54, 1.807) is 42.5 Å². The average molecular weight is 502 g/mol. The lowest BCUT2D eigenvalue weighted by molar-refractivity contribution is 0.186. The second kappa shape index (κ2) is 10.1. The number of hydrogen-bond donors (Lipinski definition) is 4. The highest BCUT2D eigenvalue weighted by Gasteiger charge is 2.11. The van der Waals surface area contributed by atoms with E-state index in [4.69, 9.17) is 4.74 Å². The van der Waals surface area contributed by atoms with Crippen LogP contribution in [-0.2, 0) is 4.74 Å². The number of H-pyrrole nitrogens is 1. The van der Waals surface area contributed by atoms with Crippen LogP contribution in [0.1, 0.15) is 0 Å². The number of aromatic amines is 1. The first-order chi connectivity index (χ1) is 17.6. The number of imidazole rings is 1. The van der Waals surface area contributed by atoms with Gasteiger partial charge in [0.2, 0.25) is 11.1 Å². The van der Waals surface area contributed by atoms with Gasteiger partial charge < -0.3 is 19.8 Å². The normalized spacial score (nSPS) is 10.6. The minimum atomic E-state index is -0.623. The van der Waals surface area contributed by atoms with E-state index in [0.717, 1.165) is 17.1 Å². The number of ether oxygens (including phenoxy) is 2. The van der Waals surface area contributed by atoms with Gasteiger partial charge in [0, 0.05) is 34.9 Å². The van der Waals surface area contributed by atoms with E-state index in [9.17, 15) is 9.59 Å². The molecule has 3 amide bonds. The Morgan fingerprint density at radius 3 is 2.56 bits per heavy atom. The molecule has 5 aromatic rings. The molecule has 0 saturated heterocycles. The number of methoxy groups -OCH3 is 1. The van der Waals surface area contributed by atoms with Crippen LogP contribution in [0.5, 0.6) is 11.5 Å². The van der Waals surface area contributed by atoms with Gasteiger partial charge >= 0.3 is 12.1 Å². The smallest absolute Gasteiger partial charge is 0.413 e. The minimum absolute atomic E-state index is 0.262. The molecular weight excluding hydrogens is 482 g/mol. The molecule has 0 fully saturated rings. The van der Waals surface area contributed by atoms with Gasteiger partial charge in [0.25, 0.3) is 0 Å². The van der Waals surface area contributed by atoms with Crippen LogP contribution in [0.3, 0.4) is 0 Å². The number of amides is 3. The third-order valence-corrected chi connectivity index (χ3v) is 5.50. The van der Waals surface area contributed by atoms with Gasteiger partial charge in [0.15, 0.2) is 5.82 Å². The molecule has 180 valence electrons. The summed E-state index contributed by atoms with van der Waals surface area (Å²) in [4.78, 5) is 35.4. The molecule has 0 aliphatic carbocycles. The standard InChI is InChI=1S/C24H19N7O4S/c1-34-24(33)29-21-26-18-11-10-17(13-19(18)27-21)35-16-9-5-8-15(12-16)25-22(32)30-23-28-20(31-36-23)14-6-3-2-4-7-14/h2-13H,1H3,(H2,26,27,29,33)(H2,25,28,30,31,32). The Kier molecular flexibility index (Phi) is 6.40. The Hall–Kier alpha value is -4.97. The molecule has 36 heavy (non-hydrogen) atoms. The lowest BCUT2D eigenvalue weighted by atomic mass is 10.2. The van der Waals surface area contributed by atoms with E-state index in [1.165, 1.54) is 7.11 Å². The second-order valence-corrected chi connectivity index (χ2v) is 8.13. The lowest BCUT2D eigenvalue weighted by Crippen LogP contribution is -2.19. The van der Waals surface area contributed by atoms with Gasteiger partial charge in [-0.3, -0.25) is 10.6 Å². The van der Waals surface area contributed by atoms with Gasteiger partial charge in [-0.2, -0.15) is 9.36 Å². The summed E-state index contributed by atoms with van der Waals surface area (Å²) < 4.78 is 14.8. The number of carbonyl (C=O) groups is 2. The summed E-state index contributed by atoms with van der Waals surface area (Å²) in [6.07, 6.45) is -0.623. The van der Waals surface area contributed by atoms with Crippen LogP contribution in [0.15, 0.2) is 72.8 Å². The van der Waals surface area contributed by atoms with Crippen molar-refractivity contribution in [1.29, 1.82) is 0 Å². The maximum Gasteiger partial charge on any atom is 0.413 e. The summed E-state index contributed by atoms with van der Waals surface area (Å²) in [5.41, 5.74) is 2.72. The zero-order valence-corrected chi connectivity index (χ0v) is 19.6. The van der Waals surface area contributed by atoms with Crippen molar-refractivity contribution < 1.29 is 19.1 Å². The molecule has 4 N–H and O–H groups in total. The molecule has 0 aliphatic heterocycles. The van der Waals surface area contributed by atoms with Crippen LogP contribution in [-0.4, -0.2) is 38.6 Å². The summed E-state index contributed by atoms with van der Waals surface area (Å²) in [5.74, 6) is 1.87. The van der Waals surface area contributed by atoms with Crippen molar-refractivity contribution in [3.05, 3.63) is 72.8 Å². The summed E-state index contributed by atoms with van der Waals surface area (Å²) in [7, 11) is 1.27. The van der Waals surface area contributed by atoms with E-state index in [1.807, 2.05) is 30.3 Å². The van der Waals surface area contributed by atoms with Gasteiger partial charge in [0.1, 0.15) is 11.5 Å². The molecule has 0 atom stereocenters. The number of nitrogens with one attached hydrogen (secondary N) is 4. The molecule has 0 spiro atoms. The zero-order chi connectivity index (χ0) is 24.9. The zero-order valence-electron chi connectivity index (χ0n) is 18.8. The van der Waals surface area contributed by atoms with Crippen molar-refractivity contribution in [2.24, 2.45) is 0 Å². The number of rotatable bonds is 6. The summed E-state index contributed by atoms with van der Waals surface area (Å²) >= 11 is 1.10. The largest absolute Gasteiger partial charge is 0.457 e. The van der Waals surface area contributed by atoms with Crippen LogP contribution >= 0.6 is 11.5 Å². The third kappa shape index (κ3) is 5.39. The fraction of sp³-hybridized carbons (Fsp3) is 0.0417. The number of anilines is 3. The van der Waals surface area contributed by atoms with E-state index in [0.29, 0.717) is 39.2 Å². The SMILES string of the molecule is COC(=O)Nc1nc2ccc(Oc3cccc(NC(=O)Nc4nc(-c5ccccc5)ns4)c3)cc2[nH]1. The quantitative estimate of drug-likeness (QED) is 0.234. The molecule has 0 unspecified atom stereocenters. The molecular formula is C24H19N7O4S. The van der Waals surface area contributed by atoms with Crippen molar-refractivity contribution in [3.8, 4) is 22.9 Å². The number of hydrogen-bond acceptors (Lipinski definition) is 8. The maximum absolute atomic E-state index is 12.5. The van der Waals surface area contributed by atoms with E-state index < -0.39 is 12.1 Å². The van der Waals surface area contributed by atoms with Gasteiger partial charge in [0.05, 0.1) is 18.1 Å². The van der Waals surface area contributed by atoms with E-state index in [-0.39, 0.29) is 5.95 Å². The highest BCUT2D eigenvalue weighted by atomic mass is 32.1. The predicted molar refractivity (Wildman–Crippen MR) is 137 cm³/mol. The molecule has 0 radical (unpaired) electrons. The number of carbonyl (C=O) groups excluding carboxylic acids is 2. The average Bonchev–Trinajstić information content (AvgIpc) is 3.51. The highest BCUT2D eigenvalue weighted by Crippen LogP contribution is 2.27. The van der Waals surface area contributed by atoms with Gasteiger partial charge in [-0.15, -0.1) is 0 Å². The molecule has 5 rings (SSSR count). The monoisotopic (exact) mass is 501 g/mol. The number of fused-ring (bicyclic) bond motifs is 1. The molecule has 0 bridgehead atoms. The fourth-order valence-corrected chi connectivity index (χ4v) is 3.86. The number of urea groups is 1. The summed E-state index contributed by atoms with van der Waals surface area (Å²) in [6, 6.07) is 21.3. The fourth-order valence-electron chi connectivity index (χ4n) is 3.27. The molecule has 2 aromatic heterocycles. The number of benzene rings is 3. The Morgan fingerprint density at radius 2 is 1.72 bits per heavy atom. The molecule has 0 aliphatic rings.